The Morgan fingerprint density at radius 3 is 2.24 bits per heavy atom. The van der Waals surface area contributed by atoms with Crippen LogP contribution in [0.2, 0.25) is 0 Å². The van der Waals surface area contributed by atoms with Crippen LogP contribution in [0.3, 0.4) is 0 Å². The highest BCUT2D eigenvalue weighted by atomic mass is 14.8. The van der Waals surface area contributed by atoms with Gasteiger partial charge in [0.25, 0.3) is 0 Å². The summed E-state index contributed by atoms with van der Waals surface area (Å²) in [6.07, 6.45) is 16.1. The minimum Gasteiger partial charge on any atom is -0.319 e. The van der Waals surface area contributed by atoms with Gasteiger partial charge in [-0.2, -0.15) is 0 Å². The van der Waals surface area contributed by atoms with E-state index in [-0.39, 0.29) is 0 Å². The molecule has 1 saturated carbocycles. The molecule has 2 atom stereocenters. The Labute approximate surface area is 109 Å². The Bertz CT molecular complexity index is 165. The molecule has 0 saturated heterocycles. The Morgan fingerprint density at radius 2 is 1.53 bits per heavy atom. The van der Waals surface area contributed by atoms with Crippen molar-refractivity contribution in [3.8, 4) is 0 Å². The van der Waals surface area contributed by atoms with E-state index in [0.29, 0.717) is 0 Å². The molecule has 0 amide bonds. The van der Waals surface area contributed by atoms with Gasteiger partial charge in [-0.1, -0.05) is 71.1 Å². The summed E-state index contributed by atoms with van der Waals surface area (Å²) < 4.78 is 0. The molecule has 0 aromatic carbocycles. The topological polar surface area (TPSA) is 12.0 Å². The lowest BCUT2D eigenvalue weighted by Gasteiger charge is -2.31. The fraction of sp³-hybridized carbons (Fsp3) is 1.00. The summed E-state index contributed by atoms with van der Waals surface area (Å²) in [4.78, 5) is 0. The molecule has 0 bridgehead atoms. The maximum absolute atomic E-state index is 3.39. The van der Waals surface area contributed by atoms with Gasteiger partial charge in [0.2, 0.25) is 0 Å². The van der Waals surface area contributed by atoms with Gasteiger partial charge in [-0.25, -0.2) is 0 Å². The second-order valence-electron chi connectivity index (χ2n) is 5.92. The SMILES string of the molecule is CCCCCCCCC1CCCCC1CNC. The van der Waals surface area contributed by atoms with Crippen molar-refractivity contribution in [2.45, 2.75) is 77.6 Å². The smallest absolute Gasteiger partial charge is 0.00209 e. The molecule has 1 aliphatic rings. The molecule has 1 rings (SSSR count). The van der Waals surface area contributed by atoms with E-state index in [4.69, 9.17) is 0 Å². The molecule has 0 aliphatic heterocycles. The van der Waals surface area contributed by atoms with E-state index in [0.717, 1.165) is 11.8 Å². The van der Waals surface area contributed by atoms with Crippen LogP contribution in [-0.4, -0.2) is 13.6 Å². The van der Waals surface area contributed by atoms with Gasteiger partial charge in [0.05, 0.1) is 0 Å². The van der Waals surface area contributed by atoms with Gasteiger partial charge in [-0.3, -0.25) is 0 Å². The zero-order chi connectivity index (χ0) is 12.3. The normalized spacial score (nSPS) is 25.1. The van der Waals surface area contributed by atoms with Gasteiger partial charge in [0, 0.05) is 0 Å². The summed E-state index contributed by atoms with van der Waals surface area (Å²) in [7, 11) is 2.11. The lowest BCUT2D eigenvalue weighted by atomic mass is 9.76. The van der Waals surface area contributed by atoms with Crippen molar-refractivity contribution >= 4 is 0 Å². The lowest BCUT2D eigenvalue weighted by Crippen LogP contribution is -2.28. The standard InChI is InChI=1S/C16H33N/c1-3-4-5-6-7-8-11-15-12-9-10-13-16(15)14-17-2/h15-17H,3-14H2,1-2H3. The summed E-state index contributed by atoms with van der Waals surface area (Å²) >= 11 is 0. The lowest BCUT2D eigenvalue weighted by molar-refractivity contribution is 0.216. The first kappa shape index (κ1) is 15.0. The van der Waals surface area contributed by atoms with Crippen LogP contribution in [0.1, 0.15) is 77.6 Å². The molecule has 1 heteroatoms. The molecule has 0 radical (unpaired) electrons. The third-order valence-corrected chi connectivity index (χ3v) is 4.46. The molecule has 0 heterocycles. The average molecular weight is 239 g/mol. The van der Waals surface area contributed by atoms with Gasteiger partial charge in [-0.05, 0) is 31.8 Å². The van der Waals surface area contributed by atoms with E-state index < -0.39 is 0 Å². The molecule has 0 aromatic rings. The molecule has 0 spiro atoms. The second-order valence-corrected chi connectivity index (χ2v) is 5.92. The van der Waals surface area contributed by atoms with Crippen molar-refractivity contribution in [1.29, 1.82) is 0 Å². The van der Waals surface area contributed by atoms with Crippen LogP contribution in [-0.2, 0) is 0 Å². The number of hydrogen-bond acceptors (Lipinski definition) is 1. The van der Waals surface area contributed by atoms with Crippen LogP contribution in [0.5, 0.6) is 0 Å². The Kier molecular flexibility index (Phi) is 8.78. The Hall–Kier alpha value is -0.0400. The average Bonchev–Trinajstić information content (AvgIpc) is 2.36. The Balaban J connectivity index is 2.06. The first-order valence-electron chi connectivity index (χ1n) is 8.03. The number of rotatable bonds is 9. The van der Waals surface area contributed by atoms with Crippen LogP contribution in [0, 0.1) is 11.8 Å². The van der Waals surface area contributed by atoms with Gasteiger partial charge in [0.1, 0.15) is 0 Å². The van der Waals surface area contributed by atoms with Gasteiger partial charge < -0.3 is 5.32 Å². The van der Waals surface area contributed by atoms with Crippen LogP contribution >= 0.6 is 0 Å². The van der Waals surface area contributed by atoms with Crippen molar-refractivity contribution < 1.29 is 0 Å². The van der Waals surface area contributed by atoms with E-state index in [9.17, 15) is 0 Å². The minimum absolute atomic E-state index is 0.976. The first-order valence-corrected chi connectivity index (χ1v) is 8.03. The highest BCUT2D eigenvalue weighted by Crippen LogP contribution is 2.33. The minimum atomic E-state index is 0.976. The van der Waals surface area contributed by atoms with E-state index in [2.05, 4.69) is 19.3 Å². The molecule has 1 N–H and O–H groups in total. The molecule has 1 fully saturated rings. The maximum Gasteiger partial charge on any atom is -0.00209 e. The maximum atomic E-state index is 3.39. The summed E-state index contributed by atoms with van der Waals surface area (Å²) in [5.41, 5.74) is 0. The Morgan fingerprint density at radius 1 is 0.882 bits per heavy atom. The third-order valence-electron chi connectivity index (χ3n) is 4.46. The molecule has 0 aromatic heterocycles. The fourth-order valence-corrected chi connectivity index (χ4v) is 3.38. The van der Waals surface area contributed by atoms with Crippen LogP contribution < -0.4 is 5.32 Å². The van der Waals surface area contributed by atoms with E-state index >= 15 is 0 Å². The molecule has 1 aliphatic carbocycles. The van der Waals surface area contributed by atoms with Crippen LogP contribution in [0.25, 0.3) is 0 Å². The molecular weight excluding hydrogens is 206 g/mol. The van der Waals surface area contributed by atoms with Gasteiger partial charge in [-0.15, -0.1) is 0 Å². The predicted octanol–water partition coefficient (Wildman–Crippen LogP) is 4.76. The summed E-state index contributed by atoms with van der Waals surface area (Å²) in [5.74, 6) is 2.01. The van der Waals surface area contributed by atoms with Crippen molar-refractivity contribution in [1.82, 2.24) is 5.32 Å². The van der Waals surface area contributed by atoms with E-state index in [1.807, 2.05) is 0 Å². The first-order chi connectivity index (χ1) is 8.38. The van der Waals surface area contributed by atoms with Gasteiger partial charge >= 0.3 is 0 Å². The summed E-state index contributed by atoms with van der Waals surface area (Å²) in [6, 6.07) is 0. The number of hydrogen-bond donors (Lipinski definition) is 1. The monoisotopic (exact) mass is 239 g/mol. The van der Waals surface area contributed by atoms with E-state index in [1.54, 1.807) is 0 Å². The highest BCUT2D eigenvalue weighted by Gasteiger charge is 2.23. The van der Waals surface area contributed by atoms with Crippen molar-refractivity contribution in [3.63, 3.8) is 0 Å². The predicted molar refractivity (Wildman–Crippen MR) is 77.4 cm³/mol. The molecule has 102 valence electrons. The molecule has 1 nitrogen and oxygen atoms in total. The number of unbranched alkanes of at least 4 members (excludes halogenated alkanes) is 5. The zero-order valence-electron chi connectivity index (χ0n) is 12.1. The van der Waals surface area contributed by atoms with Crippen molar-refractivity contribution in [3.05, 3.63) is 0 Å². The molecule has 17 heavy (non-hydrogen) atoms. The molecule has 2 unspecified atom stereocenters. The van der Waals surface area contributed by atoms with Gasteiger partial charge in [0.15, 0.2) is 0 Å². The zero-order valence-corrected chi connectivity index (χ0v) is 12.1. The van der Waals surface area contributed by atoms with Crippen LogP contribution in [0.15, 0.2) is 0 Å². The van der Waals surface area contributed by atoms with Crippen molar-refractivity contribution in [2.75, 3.05) is 13.6 Å². The van der Waals surface area contributed by atoms with Crippen molar-refractivity contribution in [2.24, 2.45) is 11.8 Å². The quantitative estimate of drug-likeness (QED) is 0.572. The largest absolute Gasteiger partial charge is 0.319 e. The summed E-state index contributed by atoms with van der Waals surface area (Å²) in [6.45, 7) is 3.55. The summed E-state index contributed by atoms with van der Waals surface area (Å²) in [5, 5.41) is 3.39. The molecular formula is C16H33N. The number of nitrogens with one attached hydrogen (secondary N) is 1. The second kappa shape index (κ2) is 9.94. The van der Waals surface area contributed by atoms with E-state index in [1.165, 1.54) is 77.2 Å². The fourth-order valence-electron chi connectivity index (χ4n) is 3.38. The van der Waals surface area contributed by atoms with Crippen LogP contribution in [0.4, 0.5) is 0 Å². The third kappa shape index (κ3) is 6.45. The highest BCUT2D eigenvalue weighted by molar-refractivity contribution is 4.76.